The zero-order valence-corrected chi connectivity index (χ0v) is 10.4. The van der Waals surface area contributed by atoms with Gasteiger partial charge >= 0.3 is 0 Å². The van der Waals surface area contributed by atoms with Gasteiger partial charge in [-0.05, 0) is 12.8 Å². The molecular formula is C11H21N3O3. The lowest BCUT2D eigenvalue weighted by atomic mass is 10.0. The highest BCUT2D eigenvalue weighted by atomic mass is 16.5. The molecule has 1 aliphatic heterocycles. The zero-order chi connectivity index (χ0) is 12.8. The van der Waals surface area contributed by atoms with E-state index in [4.69, 9.17) is 15.7 Å². The first-order valence-electron chi connectivity index (χ1n) is 6.01. The van der Waals surface area contributed by atoms with Gasteiger partial charge in [0.05, 0.1) is 18.6 Å². The summed E-state index contributed by atoms with van der Waals surface area (Å²) in [6.07, 6.45) is 1.50. The standard InChI is InChI=1S/C11H21N3O3/c1-3-8-7-14(5-6-17-8)11(15)9(4-2)10(12)13-16/h8-9,16H,3-7H2,1-2H3,(H2,12,13). The summed E-state index contributed by atoms with van der Waals surface area (Å²) in [6, 6.07) is 0. The van der Waals surface area contributed by atoms with Crippen molar-refractivity contribution in [1.82, 2.24) is 4.90 Å². The van der Waals surface area contributed by atoms with Crippen molar-refractivity contribution in [2.45, 2.75) is 32.8 Å². The average Bonchev–Trinajstić information content (AvgIpc) is 2.39. The summed E-state index contributed by atoms with van der Waals surface area (Å²) in [6.45, 7) is 5.59. The smallest absolute Gasteiger partial charge is 0.233 e. The highest BCUT2D eigenvalue weighted by Gasteiger charge is 2.30. The number of rotatable bonds is 4. The molecule has 1 fully saturated rings. The molecule has 6 nitrogen and oxygen atoms in total. The van der Waals surface area contributed by atoms with Gasteiger partial charge in [0.1, 0.15) is 0 Å². The fourth-order valence-corrected chi connectivity index (χ4v) is 1.97. The zero-order valence-electron chi connectivity index (χ0n) is 10.4. The first-order chi connectivity index (χ1) is 8.13. The third-order valence-electron chi connectivity index (χ3n) is 3.08. The molecule has 1 saturated heterocycles. The number of ether oxygens (including phenoxy) is 1. The molecule has 1 aliphatic rings. The Labute approximate surface area is 101 Å². The first kappa shape index (κ1) is 13.8. The van der Waals surface area contributed by atoms with Gasteiger partial charge < -0.3 is 20.6 Å². The first-order valence-corrected chi connectivity index (χ1v) is 6.01. The molecule has 1 heterocycles. The van der Waals surface area contributed by atoms with Crippen LogP contribution in [0.3, 0.4) is 0 Å². The molecule has 17 heavy (non-hydrogen) atoms. The largest absolute Gasteiger partial charge is 0.409 e. The lowest BCUT2D eigenvalue weighted by Crippen LogP contribution is -2.49. The Morgan fingerprint density at radius 2 is 2.35 bits per heavy atom. The van der Waals surface area contributed by atoms with Crippen molar-refractivity contribution in [2.75, 3.05) is 19.7 Å². The van der Waals surface area contributed by atoms with E-state index in [0.29, 0.717) is 26.1 Å². The van der Waals surface area contributed by atoms with E-state index in [2.05, 4.69) is 5.16 Å². The second kappa shape index (κ2) is 6.44. The number of nitrogens with two attached hydrogens (primary N) is 1. The molecule has 0 spiro atoms. The lowest BCUT2D eigenvalue weighted by molar-refractivity contribution is -0.141. The summed E-state index contributed by atoms with van der Waals surface area (Å²) in [5.74, 6) is -0.628. The SMILES string of the molecule is CCC1CN(C(=O)C(CC)C(N)=NO)CCO1. The van der Waals surface area contributed by atoms with Gasteiger partial charge in [-0.2, -0.15) is 0 Å². The van der Waals surface area contributed by atoms with E-state index in [1.165, 1.54) is 0 Å². The molecule has 0 saturated carbocycles. The molecule has 0 aromatic rings. The molecule has 0 bridgehead atoms. The van der Waals surface area contributed by atoms with Gasteiger partial charge in [-0.3, -0.25) is 4.79 Å². The van der Waals surface area contributed by atoms with Gasteiger partial charge in [0.25, 0.3) is 0 Å². The third kappa shape index (κ3) is 3.33. The molecular weight excluding hydrogens is 222 g/mol. The number of carbonyl (C=O) groups is 1. The predicted molar refractivity (Wildman–Crippen MR) is 63.8 cm³/mol. The van der Waals surface area contributed by atoms with Crippen molar-refractivity contribution in [3.05, 3.63) is 0 Å². The summed E-state index contributed by atoms with van der Waals surface area (Å²) in [5, 5.41) is 11.6. The van der Waals surface area contributed by atoms with Crippen LogP contribution in [-0.4, -0.2) is 47.7 Å². The predicted octanol–water partition coefficient (Wildman–Crippen LogP) is 0.396. The van der Waals surface area contributed by atoms with E-state index in [-0.39, 0.29) is 17.8 Å². The molecule has 3 N–H and O–H groups in total. The number of hydrogen-bond acceptors (Lipinski definition) is 4. The Morgan fingerprint density at radius 1 is 1.65 bits per heavy atom. The number of nitrogens with zero attached hydrogens (tertiary/aromatic N) is 2. The fraction of sp³-hybridized carbons (Fsp3) is 0.818. The number of oxime groups is 1. The Bertz CT molecular complexity index is 294. The van der Waals surface area contributed by atoms with Crippen LogP contribution in [0, 0.1) is 5.92 Å². The van der Waals surface area contributed by atoms with Crippen LogP contribution in [0.1, 0.15) is 26.7 Å². The number of carbonyl (C=O) groups excluding carboxylic acids is 1. The molecule has 6 heteroatoms. The molecule has 98 valence electrons. The van der Waals surface area contributed by atoms with E-state index in [1.807, 2.05) is 13.8 Å². The third-order valence-corrected chi connectivity index (χ3v) is 3.08. The topological polar surface area (TPSA) is 88.2 Å². The van der Waals surface area contributed by atoms with Crippen molar-refractivity contribution in [3.8, 4) is 0 Å². The second-order valence-electron chi connectivity index (χ2n) is 4.17. The van der Waals surface area contributed by atoms with E-state index >= 15 is 0 Å². The molecule has 0 aliphatic carbocycles. The maximum Gasteiger partial charge on any atom is 0.233 e. The Hall–Kier alpha value is -1.30. The molecule has 2 unspecified atom stereocenters. The maximum atomic E-state index is 12.2. The Kier molecular flexibility index (Phi) is 5.21. The van der Waals surface area contributed by atoms with Crippen molar-refractivity contribution in [2.24, 2.45) is 16.8 Å². The highest BCUT2D eigenvalue weighted by molar-refractivity contribution is 6.02. The second-order valence-corrected chi connectivity index (χ2v) is 4.17. The van der Waals surface area contributed by atoms with Crippen LogP contribution in [0.25, 0.3) is 0 Å². The van der Waals surface area contributed by atoms with E-state index in [1.54, 1.807) is 4.90 Å². The van der Waals surface area contributed by atoms with Crippen molar-refractivity contribution in [1.29, 1.82) is 0 Å². The molecule has 0 aromatic heterocycles. The minimum atomic E-state index is -0.532. The van der Waals surface area contributed by atoms with Crippen molar-refractivity contribution < 1.29 is 14.7 Å². The van der Waals surface area contributed by atoms with Gasteiger partial charge in [-0.1, -0.05) is 19.0 Å². The Morgan fingerprint density at radius 3 is 2.88 bits per heavy atom. The summed E-state index contributed by atoms with van der Waals surface area (Å²) >= 11 is 0. The van der Waals surface area contributed by atoms with Crippen LogP contribution < -0.4 is 5.73 Å². The van der Waals surface area contributed by atoms with Gasteiger partial charge in [0, 0.05) is 13.1 Å². The maximum absolute atomic E-state index is 12.2. The molecule has 1 rings (SSSR count). The summed E-state index contributed by atoms with van der Waals surface area (Å²) in [5.41, 5.74) is 5.52. The number of hydrogen-bond donors (Lipinski definition) is 2. The van der Waals surface area contributed by atoms with E-state index < -0.39 is 5.92 Å². The summed E-state index contributed by atoms with van der Waals surface area (Å²) < 4.78 is 5.50. The van der Waals surface area contributed by atoms with Gasteiger partial charge in [-0.25, -0.2) is 0 Å². The summed E-state index contributed by atoms with van der Waals surface area (Å²) in [4.78, 5) is 13.9. The van der Waals surface area contributed by atoms with Gasteiger partial charge in [-0.15, -0.1) is 0 Å². The molecule has 0 radical (unpaired) electrons. The number of amides is 1. The van der Waals surface area contributed by atoms with Crippen molar-refractivity contribution >= 4 is 11.7 Å². The van der Waals surface area contributed by atoms with Gasteiger partial charge in [0.15, 0.2) is 5.84 Å². The highest BCUT2D eigenvalue weighted by Crippen LogP contribution is 2.14. The minimum Gasteiger partial charge on any atom is -0.409 e. The average molecular weight is 243 g/mol. The summed E-state index contributed by atoms with van der Waals surface area (Å²) in [7, 11) is 0. The van der Waals surface area contributed by atoms with Crippen molar-refractivity contribution in [3.63, 3.8) is 0 Å². The molecule has 2 atom stereocenters. The van der Waals surface area contributed by atoms with Crippen LogP contribution in [0.2, 0.25) is 0 Å². The van der Waals surface area contributed by atoms with Crippen LogP contribution in [0.4, 0.5) is 0 Å². The lowest BCUT2D eigenvalue weighted by Gasteiger charge is -2.34. The fourth-order valence-electron chi connectivity index (χ4n) is 1.97. The normalized spacial score (nSPS) is 23.5. The van der Waals surface area contributed by atoms with E-state index in [0.717, 1.165) is 6.42 Å². The van der Waals surface area contributed by atoms with Crippen LogP contribution in [0.15, 0.2) is 5.16 Å². The number of morpholine rings is 1. The van der Waals surface area contributed by atoms with Crippen LogP contribution in [-0.2, 0) is 9.53 Å². The van der Waals surface area contributed by atoms with Gasteiger partial charge in [0.2, 0.25) is 5.91 Å². The monoisotopic (exact) mass is 243 g/mol. The molecule has 1 amide bonds. The Balaban J connectivity index is 2.67. The molecule has 0 aromatic carbocycles. The van der Waals surface area contributed by atoms with Crippen LogP contribution >= 0.6 is 0 Å². The number of amidine groups is 1. The quantitative estimate of drug-likeness (QED) is 0.324. The van der Waals surface area contributed by atoms with Crippen LogP contribution in [0.5, 0.6) is 0 Å². The minimum absolute atomic E-state index is 0.0166. The van der Waals surface area contributed by atoms with E-state index in [9.17, 15) is 4.79 Å².